The summed E-state index contributed by atoms with van der Waals surface area (Å²) in [6.07, 6.45) is 0. The molecule has 24 heavy (non-hydrogen) atoms. The molecule has 0 bridgehead atoms. The van der Waals surface area contributed by atoms with Gasteiger partial charge >= 0.3 is 7.32 Å². The van der Waals surface area contributed by atoms with E-state index >= 15 is 0 Å². The molecule has 0 saturated heterocycles. The van der Waals surface area contributed by atoms with E-state index in [0.717, 1.165) is 0 Å². The number of hydrogen-bond acceptors (Lipinski definition) is 5. The Kier molecular flexibility index (Phi) is 19.2. The number of benzene rings is 1. The van der Waals surface area contributed by atoms with Crippen LogP contribution in [0.25, 0.3) is 0 Å². The zero-order chi connectivity index (χ0) is 18.8. The molecule has 0 heterocycles. The Morgan fingerprint density at radius 2 is 1.04 bits per heavy atom. The van der Waals surface area contributed by atoms with Gasteiger partial charge < -0.3 is 24.5 Å². The molecule has 0 spiro atoms. The van der Waals surface area contributed by atoms with E-state index in [1.807, 2.05) is 6.07 Å². The SMILES string of the molecule is CCN(CC)CC.CCN(CC)CC.OB(O)Oc1ccccc1. The molecule has 0 aliphatic carbocycles. The topological polar surface area (TPSA) is 56.2 Å². The molecule has 0 atom stereocenters. The van der Waals surface area contributed by atoms with Crippen LogP contribution in [0.3, 0.4) is 0 Å². The summed E-state index contributed by atoms with van der Waals surface area (Å²) in [6.45, 7) is 20.2. The maximum Gasteiger partial charge on any atom is 0.707 e. The van der Waals surface area contributed by atoms with Gasteiger partial charge in [-0.2, -0.15) is 0 Å². The fourth-order valence-electron chi connectivity index (χ4n) is 1.96. The summed E-state index contributed by atoms with van der Waals surface area (Å²) in [6, 6.07) is 8.59. The van der Waals surface area contributed by atoms with E-state index in [2.05, 4.69) is 56.0 Å². The highest BCUT2D eigenvalue weighted by molar-refractivity contribution is 6.33. The first kappa shape index (κ1) is 25.2. The largest absolute Gasteiger partial charge is 0.707 e. The van der Waals surface area contributed by atoms with Gasteiger partial charge in [0.05, 0.1) is 0 Å². The Bertz CT molecular complexity index is 322. The van der Waals surface area contributed by atoms with Crippen LogP contribution in [-0.4, -0.2) is 66.4 Å². The molecular weight excluding hydrogens is 303 g/mol. The van der Waals surface area contributed by atoms with E-state index in [9.17, 15) is 0 Å². The van der Waals surface area contributed by atoms with E-state index < -0.39 is 7.32 Å². The molecule has 0 unspecified atom stereocenters. The average molecular weight is 340 g/mol. The third kappa shape index (κ3) is 15.8. The maximum atomic E-state index is 8.34. The number of rotatable bonds is 8. The van der Waals surface area contributed by atoms with Crippen LogP contribution < -0.4 is 4.65 Å². The molecule has 0 radical (unpaired) electrons. The predicted molar refractivity (Wildman–Crippen MR) is 104 cm³/mol. The summed E-state index contributed by atoms with van der Waals surface area (Å²) in [7, 11) is -1.73. The van der Waals surface area contributed by atoms with Gasteiger partial charge in [0.15, 0.2) is 0 Å². The quantitative estimate of drug-likeness (QED) is 0.713. The second-order valence-electron chi connectivity index (χ2n) is 5.00. The van der Waals surface area contributed by atoms with Crippen LogP contribution in [0.1, 0.15) is 41.5 Å². The van der Waals surface area contributed by atoms with Crippen LogP contribution in [0, 0.1) is 0 Å². The highest BCUT2D eigenvalue weighted by atomic mass is 16.6. The minimum atomic E-state index is -1.73. The highest BCUT2D eigenvalue weighted by Crippen LogP contribution is 2.07. The first-order valence-electron chi connectivity index (χ1n) is 9.01. The molecule has 5 nitrogen and oxygen atoms in total. The third-order valence-corrected chi connectivity index (χ3v) is 3.67. The van der Waals surface area contributed by atoms with Gasteiger partial charge in [-0.05, 0) is 51.4 Å². The van der Waals surface area contributed by atoms with E-state index in [1.165, 1.54) is 39.3 Å². The van der Waals surface area contributed by atoms with Gasteiger partial charge in [-0.1, -0.05) is 59.7 Å². The smallest absolute Gasteiger partial charge is 0.512 e. The highest BCUT2D eigenvalue weighted by Gasteiger charge is 2.09. The summed E-state index contributed by atoms with van der Waals surface area (Å²) in [5.41, 5.74) is 0. The van der Waals surface area contributed by atoms with Crippen molar-refractivity contribution in [2.24, 2.45) is 0 Å². The average Bonchev–Trinajstić information content (AvgIpc) is 2.59. The van der Waals surface area contributed by atoms with Crippen molar-refractivity contribution in [2.45, 2.75) is 41.5 Å². The monoisotopic (exact) mass is 340 g/mol. The fraction of sp³-hybridized carbons (Fsp3) is 0.667. The predicted octanol–water partition coefficient (Wildman–Crippen LogP) is 2.73. The molecule has 0 fully saturated rings. The van der Waals surface area contributed by atoms with Crippen molar-refractivity contribution < 1.29 is 14.7 Å². The van der Waals surface area contributed by atoms with Crippen molar-refractivity contribution in [3.63, 3.8) is 0 Å². The fourth-order valence-corrected chi connectivity index (χ4v) is 1.96. The Morgan fingerprint density at radius 1 is 0.708 bits per heavy atom. The molecule has 1 rings (SSSR count). The van der Waals surface area contributed by atoms with Crippen LogP contribution in [0.15, 0.2) is 30.3 Å². The molecular formula is C18H37BN2O3. The van der Waals surface area contributed by atoms with Crippen molar-refractivity contribution >= 4 is 7.32 Å². The minimum absolute atomic E-state index is 0.442. The van der Waals surface area contributed by atoms with Crippen LogP contribution in [0.5, 0.6) is 5.75 Å². The Hall–Kier alpha value is -1.08. The molecule has 1 aromatic rings. The summed E-state index contributed by atoms with van der Waals surface area (Å²) < 4.78 is 4.53. The number of para-hydroxylation sites is 1. The van der Waals surface area contributed by atoms with Gasteiger partial charge in [0.2, 0.25) is 0 Å². The lowest BCUT2D eigenvalue weighted by Gasteiger charge is -2.13. The second kappa shape index (κ2) is 18.3. The molecule has 140 valence electrons. The van der Waals surface area contributed by atoms with Crippen molar-refractivity contribution in [3.8, 4) is 5.75 Å². The molecule has 0 aliphatic heterocycles. The van der Waals surface area contributed by atoms with Gasteiger partial charge in [-0.25, -0.2) is 0 Å². The Balaban J connectivity index is 0. The summed E-state index contributed by atoms with van der Waals surface area (Å²) in [5.74, 6) is 0.442. The van der Waals surface area contributed by atoms with Crippen molar-refractivity contribution in [2.75, 3.05) is 39.3 Å². The molecule has 0 amide bonds. The van der Waals surface area contributed by atoms with Crippen LogP contribution in [0.4, 0.5) is 0 Å². The molecule has 0 aliphatic rings. The number of nitrogens with zero attached hydrogens (tertiary/aromatic N) is 2. The van der Waals surface area contributed by atoms with Crippen molar-refractivity contribution in [1.29, 1.82) is 0 Å². The van der Waals surface area contributed by atoms with Crippen LogP contribution in [-0.2, 0) is 0 Å². The van der Waals surface area contributed by atoms with Crippen molar-refractivity contribution in [3.05, 3.63) is 30.3 Å². The molecule has 2 N–H and O–H groups in total. The first-order chi connectivity index (χ1) is 11.5. The van der Waals surface area contributed by atoms with E-state index in [0.29, 0.717) is 5.75 Å². The normalized spacial score (nSPS) is 9.75. The van der Waals surface area contributed by atoms with E-state index in [1.54, 1.807) is 24.3 Å². The minimum Gasteiger partial charge on any atom is -0.512 e. The van der Waals surface area contributed by atoms with Gasteiger partial charge in [0.1, 0.15) is 5.75 Å². The summed E-state index contributed by atoms with van der Waals surface area (Å²) in [5, 5.41) is 16.7. The standard InChI is InChI=1S/C6H7BO3.2C6H15N/c8-7(9)10-6-4-2-1-3-5-6;2*1-4-7(5-2)6-3/h1-5,8-9H;2*4-6H2,1-3H3. The Morgan fingerprint density at radius 3 is 1.25 bits per heavy atom. The van der Waals surface area contributed by atoms with E-state index in [-0.39, 0.29) is 0 Å². The Labute approximate surface area is 149 Å². The van der Waals surface area contributed by atoms with Crippen molar-refractivity contribution in [1.82, 2.24) is 9.80 Å². The van der Waals surface area contributed by atoms with Crippen LogP contribution in [0.2, 0.25) is 0 Å². The van der Waals surface area contributed by atoms with Gasteiger partial charge in [-0.3, -0.25) is 0 Å². The maximum absolute atomic E-state index is 8.34. The summed E-state index contributed by atoms with van der Waals surface area (Å²) in [4.78, 5) is 4.75. The zero-order valence-electron chi connectivity index (χ0n) is 16.4. The first-order valence-corrected chi connectivity index (χ1v) is 9.01. The van der Waals surface area contributed by atoms with Gasteiger partial charge in [0, 0.05) is 0 Å². The zero-order valence-corrected chi connectivity index (χ0v) is 16.4. The molecule has 0 saturated carbocycles. The lowest BCUT2D eigenvalue weighted by molar-refractivity contribution is 0.288. The lowest BCUT2D eigenvalue weighted by atomic mass is 10.2. The molecule has 6 heteroatoms. The second-order valence-corrected chi connectivity index (χ2v) is 5.00. The number of hydrogen-bond donors (Lipinski definition) is 2. The third-order valence-electron chi connectivity index (χ3n) is 3.67. The van der Waals surface area contributed by atoms with Gasteiger partial charge in [0.25, 0.3) is 0 Å². The van der Waals surface area contributed by atoms with E-state index in [4.69, 9.17) is 10.0 Å². The summed E-state index contributed by atoms with van der Waals surface area (Å²) >= 11 is 0. The van der Waals surface area contributed by atoms with Crippen LogP contribution >= 0.6 is 0 Å². The van der Waals surface area contributed by atoms with Gasteiger partial charge in [-0.15, -0.1) is 0 Å². The molecule has 0 aromatic heterocycles. The lowest BCUT2D eigenvalue weighted by Crippen LogP contribution is -2.21. The molecule has 1 aromatic carbocycles.